The third kappa shape index (κ3) is 3.10. The Morgan fingerprint density at radius 2 is 1.95 bits per heavy atom. The molecule has 19 heavy (non-hydrogen) atoms. The first-order valence-electron chi connectivity index (χ1n) is 6.42. The van der Waals surface area contributed by atoms with E-state index in [0.29, 0.717) is 5.92 Å². The van der Waals surface area contributed by atoms with Crippen molar-refractivity contribution in [2.75, 3.05) is 5.73 Å². The normalized spacial score (nSPS) is 23.1. The molecule has 0 unspecified atom stereocenters. The van der Waals surface area contributed by atoms with E-state index in [1.54, 1.807) is 0 Å². The summed E-state index contributed by atoms with van der Waals surface area (Å²) >= 11 is 0. The third-order valence-electron chi connectivity index (χ3n) is 3.47. The van der Waals surface area contributed by atoms with Crippen LogP contribution >= 0.6 is 0 Å². The van der Waals surface area contributed by atoms with Gasteiger partial charge < -0.3 is 10.5 Å². The minimum Gasteiger partial charge on any atom is -0.469 e. The zero-order valence-electron chi connectivity index (χ0n) is 11.1. The smallest absolute Gasteiger partial charge is 0.352 e. The van der Waals surface area contributed by atoms with Crippen LogP contribution < -0.4 is 10.5 Å². The fourth-order valence-corrected chi connectivity index (χ4v) is 2.36. The van der Waals surface area contributed by atoms with Crippen LogP contribution in [0.3, 0.4) is 0 Å². The minimum atomic E-state index is -0.518. The van der Waals surface area contributed by atoms with Gasteiger partial charge in [0.1, 0.15) is 11.8 Å². The van der Waals surface area contributed by atoms with E-state index in [4.69, 9.17) is 10.5 Å². The second-order valence-electron chi connectivity index (χ2n) is 5.08. The Morgan fingerprint density at radius 1 is 1.32 bits per heavy atom. The van der Waals surface area contributed by atoms with Crippen LogP contribution in [0.2, 0.25) is 0 Å². The van der Waals surface area contributed by atoms with Crippen LogP contribution in [0.1, 0.15) is 38.3 Å². The maximum atomic E-state index is 11.1. The molecule has 1 heterocycles. The summed E-state index contributed by atoms with van der Waals surface area (Å²) in [5.41, 5.74) is 5.58. The predicted molar refractivity (Wildman–Crippen MR) is 69.9 cm³/mol. The minimum absolute atomic E-state index is 0.00211. The lowest BCUT2D eigenvalue weighted by molar-refractivity contribution is -0.387. The molecule has 0 aliphatic heterocycles. The van der Waals surface area contributed by atoms with Crippen molar-refractivity contribution in [1.82, 2.24) is 9.97 Å². The van der Waals surface area contributed by atoms with Gasteiger partial charge in [-0.15, -0.1) is 0 Å². The van der Waals surface area contributed by atoms with Crippen LogP contribution in [0.25, 0.3) is 0 Å². The lowest BCUT2D eigenvalue weighted by Crippen LogP contribution is -2.24. The van der Waals surface area contributed by atoms with E-state index < -0.39 is 4.92 Å². The number of hydrogen-bond donors (Lipinski definition) is 1. The highest BCUT2D eigenvalue weighted by Crippen LogP contribution is 2.32. The Hall–Kier alpha value is -1.92. The molecule has 2 rings (SSSR count). The molecule has 1 aliphatic carbocycles. The Bertz CT molecular complexity index is 484. The maximum absolute atomic E-state index is 11.1. The summed E-state index contributed by atoms with van der Waals surface area (Å²) in [5.74, 6) is 0.684. The van der Waals surface area contributed by atoms with Crippen LogP contribution in [-0.4, -0.2) is 21.0 Å². The van der Waals surface area contributed by atoms with Crippen LogP contribution in [-0.2, 0) is 0 Å². The van der Waals surface area contributed by atoms with Gasteiger partial charge in [0.15, 0.2) is 0 Å². The quantitative estimate of drug-likeness (QED) is 0.664. The van der Waals surface area contributed by atoms with Gasteiger partial charge >= 0.3 is 5.69 Å². The Morgan fingerprint density at radius 3 is 2.53 bits per heavy atom. The molecular formula is C12H18N4O3. The van der Waals surface area contributed by atoms with Crippen LogP contribution in [0.4, 0.5) is 11.6 Å². The zero-order chi connectivity index (χ0) is 14.0. The molecular weight excluding hydrogens is 248 g/mol. The first-order chi connectivity index (χ1) is 8.97. The summed E-state index contributed by atoms with van der Waals surface area (Å²) in [6.45, 7) is 3.73. The van der Waals surface area contributed by atoms with E-state index in [-0.39, 0.29) is 29.3 Å². The van der Waals surface area contributed by atoms with Crippen molar-refractivity contribution in [3.63, 3.8) is 0 Å². The average molecular weight is 266 g/mol. The SMILES string of the molecule is Cc1nc(N)nc(OC2CCC(C)CC2)c1[N+](=O)[O-]. The van der Waals surface area contributed by atoms with E-state index in [1.807, 2.05) is 0 Å². The predicted octanol–water partition coefficient (Wildman–Crippen LogP) is 2.23. The number of nitrogens with zero attached hydrogens (tertiary/aromatic N) is 3. The molecule has 104 valence electrons. The monoisotopic (exact) mass is 266 g/mol. The highest BCUT2D eigenvalue weighted by Gasteiger charge is 2.27. The topological polar surface area (TPSA) is 104 Å². The fourth-order valence-electron chi connectivity index (χ4n) is 2.36. The number of nitro groups is 1. The number of rotatable bonds is 3. The highest BCUT2D eigenvalue weighted by molar-refractivity contribution is 5.47. The molecule has 1 aliphatic rings. The number of aromatic nitrogens is 2. The largest absolute Gasteiger partial charge is 0.469 e. The van der Waals surface area contributed by atoms with Crippen molar-refractivity contribution in [2.45, 2.75) is 45.6 Å². The molecule has 7 heteroatoms. The summed E-state index contributed by atoms with van der Waals surface area (Å²) in [6, 6.07) is 0. The van der Waals surface area contributed by atoms with Crippen LogP contribution in [0, 0.1) is 23.0 Å². The molecule has 1 aromatic heterocycles. The van der Waals surface area contributed by atoms with Gasteiger partial charge in [-0.25, -0.2) is 4.98 Å². The molecule has 0 radical (unpaired) electrons. The van der Waals surface area contributed by atoms with Gasteiger partial charge in [0.2, 0.25) is 5.95 Å². The molecule has 0 atom stereocenters. The van der Waals surface area contributed by atoms with Gasteiger partial charge in [0, 0.05) is 0 Å². The highest BCUT2D eigenvalue weighted by atomic mass is 16.6. The summed E-state index contributed by atoms with van der Waals surface area (Å²) in [7, 11) is 0. The lowest BCUT2D eigenvalue weighted by atomic mass is 9.89. The molecule has 1 fully saturated rings. The summed E-state index contributed by atoms with van der Waals surface area (Å²) in [6.07, 6.45) is 3.89. The van der Waals surface area contributed by atoms with Crippen LogP contribution in [0.5, 0.6) is 5.88 Å². The van der Waals surface area contributed by atoms with E-state index in [0.717, 1.165) is 25.7 Å². The van der Waals surface area contributed by atoms with Crippen molar-refractivity contribution >= 4 is 11.6 Å². The Labute approximate surface area is 111 Å². The number of hydrogen-bond acceptors (Lipinski definition) is 6. The zero-order valence-corrected chi connectivity index (χ0v) is 11.1. The molecule has 0 aromatic carbocycles. The first-order valence-corrected chi connectivity index (χ1v) is 6.42. The van der Waals surface area contributed by atoms with Gasteiger partial charge in [-0.1, -0.05) is 6.92 Å². The van der Waals surface area contributed by atoms with Gasteiger partial charge in [-0.2, -0.15) is 4.98 Å². The molecule has 0 spiro atoms. The van der Waals surface area contributed by atoms with Gasteiger partial charge in [-0.3, -0.25) is 10.1 Å². The van der Waals surface area contributed by atoms with Crippen molar-refractivity contribution in [3.05, 3.63) is 15.8 Å². The molecule has 1 saturated carbocycles. The molecule has 1 aromatic rings. The standard InChI is InChI=1S/C12H18N4O3/c1-7-3-5-9(6-4-7)19-11-10(16(17)18)8(2)14-12(13)15-11/h7,9H,3-6H2,1-2H3,(H2,13,14,15). The van der Waals surface area contributed by atoms with Crippen molar-refractivity contribution in [3.8, 4) is 5.88 Å². The van der Waals surface area contributed by atoms with Crippen LogP contribution in [0.15, 0.2) is 0 Å². The molecule has 0 saturated heterocycles. The fraction of sp³-hybridized carbons (Fsp3) is 0.667. The van der Waals surface area contributed by atoms with E-state index >= 15 is 0 Å². The molecule has 0 amide bonds. The van der Waals surface area contributed by atoms with Crippen molar-refractivity contribution in [2.24, 2.45) is 5.92 Å². The number of ether oxygens (including phenoxy) is 1. The number of nitrogen functional groups attached to an aromatic ring is 1. The summed E-state index contributed by atoms with van der Waals surface area (Å²) in [5, 5.41) is 11.1. The number of nitrogens with two attached hydrogens (primary N) is 1. The number of anilines is 1. The summed E-state index contributed by atoms with van der Waals surface area (Å²) < 4.78 is 5.68. The lowest BCUT2D eigenvalue weighted by Gasteiger charge is -2.26. The second kappa shape index (κ2) is 5.38. The maximum Gasteiger partial charge on any atom is 0.352 e. The Balaban J connectivity index is 2.21. The van der Waals surface area contributed by atoms with Gasteiger partial charge in [0.05, 0.1) is 4.92 Å². The molecule has 7 nitrogen and oxygen atoms in total. The van der Waals surface area contributed by atoms with E-state index in [2.05, 4.69) is 16.9 Å². The van der Waals surface area contributed by atoms with E-state index in [9.17, 15) is 10.1 Å². The van der Waals surface area contributed by atoms with Gasteiger partial charge in [0.25, 0.3) is 5.88 Å². The third-order valence-corrected chi connectivity index (χ3v) is 3.47. The van der Waals surface area contributed by atoms with Crippen molar-refractivity contribution < 1.29 is 9.66 Å². The van der Waals surface area contributed by atoms with Crippen molar-refractivity contribution in [1.29, 1.82) is 0 Å². The Kier molecular flexibility index (Phi) is 3.82. The van der Waals surface area contributed by atoms with E-state index in [1.165, 1.54) is 6.92 Å². The molecule has 2 N–H and O–H groups in total. The van der Waals surface area contributed by atoms with Gasteiger partial charge in [-0.05, 0) is 38.5 Å². The first kappa shape index (κ1) is 13.5. The average Bonchev–Trinajstić information content (AvgIpc) is 2.30. The second-order valence-corrected chi connectivity index (χ2v) is 5.08. The number of aryl methyl sites for hydroxylation is 1. The summed E-state index contributed by atoms with van der Waals surface area (Å²) in [4.78, 5) is 18.2. The molecule has 0 bridgehead atoms.